The van der Waals surface area contributed by atoms with Crippen molar-refractivity contribution in [1.82, 2.24) is 9.97 Å². The maximum Gasteiger partial charge on any atom is 0.223 e. The Morgan fingerprint density at radius 3 is 2.09 bits per heavy atom. The molecule has 0 aliphatic carbocycles. The Labute approximate surface area is 336 Å². The Hall–Kier alpha value is -3.86. The molecule has 4 aromatic carbocycles. The van der Waals surface area contributed by atoms with Crippen LogP contribution in [-0.2, 0) is 36.7 Å². The first-order valence-corrected chi connectivity index (χ1v) is 19.5. The summed E-state index contributed by atoms with van der Waals surface area (Å²) in [5, 5.41) is 16.9. The number of furan rings is 1. The predicted octanol–water partition coefficient (Wildman–Crippen LogP) is 13.6. The molecular formula is C48H59IrN2O3-. The third-order valence-corrected chi connectivity index (χ3v) is 11.6. The molecular weight excluding hydrogens is 845 g/mol. The molecule has 6 aromatic rings. The van der Waals surface area contributed by atoms with E-state index in [0.717, 1.165) is 65.1 Å². The summed E-state index contributed by atoms with van der Waals surface area (Å²) in [6, 6.07) is 25.3. The summed E-state index contributed by atoms with van der Waals surface area (Å²) in [6.45, 7) is 25.3. The van der Waals surface area contributed by atoms with Crippen molar-refractivity contribution in [3.05, 3.63) is 95.5 Å². The van der Waals surface area contributed by atoms with Gasteiger partial charge < -0.3 is 9.52 Å². The summed E-state index contributed by atoms with van der Waals surface area (Å²) >= 11 is 0. The Bertz CT molecular complexity index is 2300. The molecule has 0 saturated heterocycles. The van der Waals surface area contributed by atoms with Crippen molar-refractivity contribution < 1.29 is 34.4 Å². The van der Waals surface area contributed by atoms with Crippen LogP contribution < -0.4 is 0 Å². The molecule has 1 radical (unpaired) electrons. The third-order valence-electron chi connectivity index (χ3n) is 11.6. The van der Waals surface area contributed by atoms with E-state index < -0.39 is 0 Å². The molecule has 289 valence electrons. The fourth-order valence-corrected chi connectivity index (χ4v) is 7.15. The third kappa shape index (κ3) is 8.51. The van der Waals surface area contributed by atoms with Gasteiger partial charge in [0.2, 0.25) is 5.71 Å². The van der Waals surface area contributed by atoms with Crippen molar-refractivity contribution >= 4 is 49.4 Å². The predicted molar refractivity (Wildman–Crippen MR) is 224 cm³/mol. The van der Waals surface area contributed by atoms with Crippen LogP contribution >= 0.6 is 0 Å². The first kappa shape index (κ1) is 42.9. The standard InChI is InChI=1S/C33H31N2O.C15H28O2.Ir/c1-19(2)16-23-12-9-11-21-14-15-26-29-30(34-20(3)35-32(29)36-31(26)28(21)23)24-17-22-10-7-8-13-25(22)27(18-24)33(4,5)6;1-7-14(5,8-2)12(16)11-13(17)15(6,9-3)10-4;/h7-15,18-19H,16H2,1-6H3;11,16H,7-10H2,1-6H3;/q-1;;/b;12-11-;. The fraction of sp³-hybridized carbons (Fsp3) is 0.438. The van der Waals surface area contributed by atoms with E-state index in [-0.39, 0.29) is 47.9 Å². The molecule has 1 N–H and O–H groups in total. The number of carbonyl (C=O) groups is 1. The molecule has 5 nitrogen and oxygen atoms in total. The second-order valence-electron chi connectivity index (χ2n) is 16.8. The van der Waals surface area contributed by atoms with Gasteiger partial charge in [-0.1, -0.05) is 136 Å². The number of aliphatic hydroxyl groups is 1. The van der Waals surface area contributed by atoms with Crippen molar-refractivity contribution in [1.29, 1.82) is 0 Å². The first-order chi connectivity index (χ1) is 25.0. The van der Waals surface area contributed by atoms with Crippen LogP contribution in [0.1, 0.15) is 119 Å². The largest absolute Gasteiger partial charge is 0.512 e. The number of benzene rings is 4. The van der Waals surface area contributed by atoms with Crippen LogP contribution in [0.5, 0.6) is 0 Å². The quantitative estimate of drug-likeness (QED) is 0.0842. The van der Waals surface area contributed by atoms with Gasteiger partial charge in [-0.2, -0.15) is 4.98 Å². The van der Waals surface area contributed by atoms with Gasteiger partial charge in [0.15, 0.2) is 5.78 Å². The molecule has 54 heavy (non-hydrogen) atoms. The second-order valence-corrected chi connectivity index (χ2v) is 16.8. The number of fused-ring (bicyclic) bond motifs is 6. The molecule has 0 aliphatic heterocycles. The SMILES string of the molecule is CCC(C)(CC)C(=O)/C=C(\O)C(C)(CC)CC.Cc1nc(-c2[c-]c3ccccc3c(C(C)(C)C)c2)c2c(n1)oc1c2ccc2cccc(CC(C)C)c21.[Ir]. The number of aromatic nitrogens is 2. The van der Waals surface area contributed by atoms with Crippen LogP contribution in [0.4, 0.5) is 0 Å². The van der Waals surface area contributed by atoms with Crippen molar-refractivity contribution in [3.8, 4) is 11.3 Å². The van der Waals surface area contributed by atoms with Gasteiger partial charge in [-0.25, -0.2) is 0 Å². The van der Waals surface area contributed by atoms with E-state index in [9.17, 15) is 9.90 Å². The molecule has 0 aliphatic rings. The molecule has 2 heterocycles. The van der Waals surface area contributed by atoms with Gasteiger partial charge in [0.1, 0.15) is 17.2 Å². The topological polar surface area (TPSA) is 76.2 Å². The summed E-state index contributed by atoms with van der Waals surface area (Å²) in [4.78, 5) is 21.9. The Kier molecular flexibility index (Phi) is 13.4. The number of ketones is 1. The Morgan fingerprint density at radius 2 is 1.48 bits per heavy atom. The molecule has 6 heteroatoms. The zero-order valence-electron chi connectivity index (χ0n) is 34.5. The second kappa shape index (κ2) is 16.9. The van der Waals surface area contributed by atoms with E-state index in [0.29, 0.717) is 17.5 Å². The molecule has 0 spiro atoms. The molecule has 0 saturated carbocycles. The van der Waals surface area contributed by atoms with Crippen LogP contribution in [0.2, 0.25) is 0 Å². The number of carbonyl (C=O) groups excluding carboxylic acids is 1. The van der Waals surface area contributed by atoms with E-state index in [2.05, 4.69) is 101 Å². The summed E-state index contributed by atoms with van der Waals surface area (Å²) in [5.41, 5.74) is 5.37. The van der Waals surface area contributed by atoms with Crippen molar-refractivity contribution in [2.24, 2.45) is 16.7 Å². The van der Waals surface area contributed by atoms with Crippen molar-refractivity contribution in [3.63, 3.8) is 0 Å². The smallest absolute Gasteiger partial charge is 0.223 e. The average molecular weight is 904 g/mol. The van der Waals surface area contributed by atoms with Crippen molar-refractivity contribution in [2.75, 3.05) is 0 Å². The minimum absolute atomic E-state index is 0. The fourth-order valence-electron chi connectivity index (χ4n) is 7.15. The molecule has 0 bridgehead atoms. The number of aliphatic hydroxyl groups excluding tert-OH is 1. The average Bonchev–Trinajstić information content (AvgIpc) is 3.51. The van der Waals surface area contributed by atoms with E-state index in [1.54, 1.807) is 0 Å². The van der Waals surface area contributed by atoms with Crippen LogP contribution in [0, 0.1) is 29.7 Å². The van der Waals surface area contributed by atoms with E-state index in [1.807, 2.05) is 48.5 Å². The normalized spacial score (nSPS) is 12.7. The van der Waals surface area contributed by atoms with E-state index in [4.69, 9.17) is 14.4 Å². The molecule has 0 atom stereocenters. The van der Waals surface area contributed by atoms with Gasteiger partial charge in [-0.3, -0.25) is 9.78 Å². The molecule has 2 aromatic heterocycles. The number of allylic oxidation sites excluding steroid dienone is 2. The van der Waals surface area contributed by atoms with Crippen LogP contribution in [0.15, 0.2) is 76.9 Å². The number of rotatable bonds is 10. The van der Waals surface area contributed by atoms with Crippen LogP contribution in [0.3, 0.4) is 0 Å². The minimum atomic E-state index is -0.337. The van der Waals surface area contributed by atoms with Crippen LogP contribution in [-0.4, -0.2) is 20.9 Å². The zero-order chi connectivity index (χ0) is 38.9. The monoisotopic (exact) mass is 904 g/mol. The molecule has 0 amide bonds. The van der Waals surface area contributed by atoms with Gasteiger partial charge in [-0.05, 0) is 61.3 Å². The molecule has 6 rings (SSSR count). The first-order valence-electron chi connectivity index (χ1n) is 19.5. The molecule has 0 fully saturated rings. The summed E-state index contributed by atoms with van der Waals surface area (Å²) in [5.74, 6) is 1.53. The summed E-state index contributed by atoms with van der Waals surface area (Å²) < 4.78 is 6.55. The van der Waals surface area contributed by atoms with E-state index in [1.165, 1.54) is 33.4 Å². The maximum absolute atomic E-state index is 12.2. The van der Waals surface area contributed by atoms with E-state index >= 15 is 0 Å². The van der Waals surface area contributed by atoms with Gasteiger partial charge >= 0.3 is 0 Å². The van der Waals surface area contributed by atoms with Gasteiger partial charge in [0, 0.05) is 58.9 Å². The van der Waals surface area contributed by atoms with Gasteiger partial charge in [0.05, 0.1) is 0 Å². The zero-order valence-corrected chi connectivity index (χ0v) is 36.9. The molecule has 0 unspecified atom stereocenters. The number of aryl methyl sites for hydroxylation is 1. The van der Waals surface area contributed by atoms with Gasteiger partial charge in [0.25, 0.3) is 0 Å². The number of hydrogen-bond donors (Lipinski definition) is 1. The summed E-state index contributed by atoms with van der Waals surface area (Å²) in [6.07, 6.45) is 5.75. The Morgan fingerprint density at radius 1 is 0.833 bits per heavy atom. The van der Waals surface area contributed by atoms with Crippen molar-refractivity contribution in [2.45, 2.75) is 121 Å². The van der Waals surface area contributed by atoms with Gasteiger partial charge in [-0.15, -0.1) is 29.1 Å². The maximum atomic E-state index is 12.2. The van der Waals surface area contributed by atoms with Crippen LogP contribution in [0.25, 0.3) is 54.9 Å². The summed E-state index contributed by atoms with van der Waals surface area (Å²) in [7, 11) is 0. The number of nitrogens with zero attached hydrogens (tertiary/aromatic N) is 2. The Balaban J connectivity index is 0.000000309. The number of hydrogen-bond acceptors (Lipinski definition) is 5. The minimum Gasteiger partial charge on any atom is -0.512 e.